The molecule has 3 N–H and O–H groups in total. The van der Waals surface area contributed by atoms with Crippen LogP contribution in [0.4, 0.5) is 11.4 Å². The van der Waals surface area contributed by atoms with Gasteiger partial charge in [0.25, 0.3) is 0 Å². The van der Waals surface area contributed by atoms with Crippen LogP contribution in [0.25, 0.3) is 0 Å². The van der Waals surface area contributed by atoms with E-state index >= 15 is 0 Å². The first kappa shape index (κ1) is 10.2. The molecule has 0 saturated carbocycles. The first-order valence-electron chi connectivity index (χ1n) is 3.76. The predicted molar refractivity (Wildman–Crippen MR) is 50.0 cm³/mol. The number of ether oxygens (including phenoxy) is 1. The van der Waals surface area contributed by atoms with Crippen molar-refractivity contribution in [2.45, 2.75) is 6.92 Å². The molecule has 1 heterocycles. The number of anilines is 1. The number of rotatable bonds is 3. The second kappa shape index (κ2) is 3.88. The average Bonchev–Trinajstić information content (AvgIpc) is 2.15. The van der Waals surface area contributed by atoms with Crippen molar-refractivity contribution in [3.05, 3.63) is 21.9 Å². The highest BCUT2D eigenvalue weighted by molar-refractivity contribution is 5.64. The van der Waals surface area contributed by atoms with Gasteiger partial charge in [0.1, 0.15) is 11.4 Å². The lowest BCUT2D eigenvalue weighted by atomic mass is 10.3. The molecule has 0 saturated heterocycles. The second-order valence-electron chi connectivity index (χ2n) is 2.55. The van der Waals surface area contributed by atoms with Gasteiger partial charge in [0.15, 0.2) is 0 Å². The number of nitrogens with two attached hydrogens (primary N) is 1. The van der Waals surface area contributed by atoms with Gasteiger partial charge < -0.3 is 10.2 Å². The maximum Gasteiger partial charge on any atom is 0.314 e. The molecule has 1 aromatic heterocycles. The van der Waals surface area contributed by atoms with E-state index < -0.39 is 4.92 Å². The SMILES string of the molecule is COc1cc(NN)c([N+](=O)[O-])c(C)n1. The number of hydrazine groups is 1. The molecule has 7 nitrogen and oxygen atoms in total. The summed E-state index contributed by atoms with van der Waals surface area (Å²) in [6.45, 7) is 1.52. The number of aromatic nitrogens is 1. The van der Waals surface area contributed by atoms with Crippen LogP contribution in [0.15, 0.2) is 6.07 Å². The Labute approximate surface area is 80.0 Å². The van der Waals surface area contributed by atoms with E-state index in [2.05, 4.69) is 10.4 Å². The summed E-state index contributed by atoms with van der Waals surface area (Å²) >= 11 is 0. The van der Waals surface area contributed by atoms with Crippen molar-refractivity contribution in [3.63, 3.8) is 0 Å². The average molecular weight is 198 g/mol. The molecule has 0 amide bonds. The highest BCUT2D eigenvalue weighted by Gasteiger charge is 2.19. The molecule has 0 unspecified atom stereocenters. The Hall–Kier alpha value is -1.89. The highest BCUT2D eigenvalue weighted by atomic mass is 16.6. The van der Waals surface area contributed by atoms with Gasteiger partial charge in [0.2, 0.25) is 5.88 Å². The summed E-state index contributed by atoms with van der Waals surface area (Å²) in [5.74, 6) is 5.42. The third kappa shape index (κ3) is 1.72. The number of pyridine rings is 1. The van der Waals surface area contributed by atoms with Gasteiger partial charge in [0, 0.05) is 6.07 Å². The molecular formula is C7H10N4O3. The Balaban J connectivity index is 3.34. The maximum absolute atomic E-state index is 10.6. The van der Waals surface area contributed by atoms with Crippen molar-refractivity contribution in [2.75, 3.05) is 12.5 Å². The van der Waals surface area contributed by atoms with Crippen LogP contribution in [0.3, 0.4) is 0 Å². The number of nitro groups is 1. The normalized spacial score (nSPS) is 9.64. The largest absolute Gasteiger partial charge is 0.481 e. The maximum atomic E-state index is 10.6. The number of nitrogens with zero attached hydrogens (tertiary/aromatic N) is 2. The van der Waals surface area contributed by atoms with Crippen molar-refractivity contribution in [2.24, 2.45) is 5.84 Å². The van der Waals surface area contributed by atoms with Gasteiger partial charge in [-0.1, -0.05) is 0 Å². The van der Waals surface area contributed by atoms with Crippen LogP contribution >= 0.6 is 0 Å². The van der Waals surface area contributed by atoms with Crippen LogP contribution in [0.1, 0.15) is 5.69 Å². The van der Waals surface area contributed by atoms with Crippen molar-refractivity contribution >= 4 is 11.4 Å². The molecule has 1 aromatic rings. The molecular weight excluding hydrogens is 188 g/mol. The first-order chi connectivity index (χ1) is 6.60. The van der Waals surface area contributed by atoms with Crippen molar-refractivity contribution in [3.8, 4) is 5.88 Å². The van der Waals surface area contributed by atoms with Gasteiger partial charge in [-0.2, -0.15) is 0 Å². The zero-order valence-corrected chi connectivity index (χ0v) is 7.77. The zero-order chi connectivity index (χ0) is 10.7. The van der Waals surface area contributed by atoms with Gasteiger partial charge >= 0.3 is 5.69 Å². The molecule has 1 rings (SSSR count). The van der Waals surface area contributed by atoms with Crippen LogP contribution in [-0.2, 0) is 0 Å². The Kier molecular flexibility index (Phi) is 2.82. The highest BCUT2D eigenvalue weighted by Crippen LogP contribution is 2.29. The van der Waals surface area contributed by atoms with Gasteiger partial charge in [-0.25, -0.2) is 4.98 Å². The molecule has 0 bridgehead atoms. The first-order valence-corrected chi connectivity index (χ1v) is 3.76. The summed E-state index contributed by atoms with van der Waals surface area (Å²) in [5.41, 5.74) is 2.52. The lowest BCUT2D eigenvalue weighted by molar-refractivity contribution is -0.384. The Morgan fingerprint density at radius 3 is 2.79 bits per heavy atom. The number of hydrogen-bond acceptors (Lipinski definition) is 6. The fourth-order valence-electron chi connectivity index (χ4n) is 1.08. The number of aryl methyl sites for hydroxylation is 1. The fourth-order valence-corrected chi connectivity index (χ4v) is 1.08. The molecule has 0 aliphatic carbocycles. The zero-order valence-electron chi connectivity index (χ0n) is 7.77. The minimum atomic E-state index is -0.545. The van der Waals surface area contributed by atoms with Gasteiger partial charge in [-0.15, -0.1) is 0 Å². The number of nitrogen functional groups attached to an aromatic ring is 1. The lowest BCUT2D eigenvalue weighted by Gasteiger charge is -2.06. The van der Waals surface area contributed by atoms with Crippen LogP contribution in [0.5, 0.6) is 5.88 Å². The third-order valence-corrected chi connectivity index (χ3v) is 1.69. The number of hydrogen-bond donors (Lipinski definition) is 2. The molecule has 0 aromatic carbocycles. The van der Waals surface area contributed by atoms with E-state index in [0.29, 0.717) is 0 Å². The van der Waals surface area contributed by atoms with Crippen LogP contribution in [0, 0.1) is 17.0 Å². The smallest absolute Gasteiger partial charge is 0.314 e. The second-order valence-corrected chi connectivity index (χ2v) is 2.55. The summed E-state index contributed by atoms with van der Waals surface area (Å²) in [5, 5.41) is 10.6. The minimum absolute atomic E-state index is 0.145. The topological polar surface area (TPSA) is 103 Å². The van der Waals surface area contributed by atoms with E-state index in [1.54, 1.807) is 0 Å². The summed E-state index contributed by atoms with van der Waals surface area (Å²) < 4.78 is 4.84. The lowest BCUT2D eigenvalue weighted by Crippen LogP contribution is -2.11. The Morgan fingerprint density at radius 1 is 1.71 bits per heavy atom. The summed E-state index contributed by atoms with van der Waals surface area (Å²) in [6.07, 6.45) is 0. The molecule has 0 atom stereocenters. The van der Waals surface area contributed by atoms with Crippen LogP contribution < -0.4 is 16.0 Å². The van der Waals surface area contributed by atoms with Gasteiger partial charge in [-0.3, -0.25) is 16.0 Å². The van der Waals surface area contributed by atoms with Crippen LogP contribution in [-0.4, -0.2) is 17.0 Å². The van der Waals surface area contributed by atoms with E-state index in [1.807, 2.05) is 0 Å². The summed E-state index contributed by atoms with van der Waals surface area (Å²) in [7, 11) is 1.42. The Morgan fingerprint density at radius 2 is 2.36 bits per heavy atom. The number of methoxy groups -OCH3 is 1. The van der Waals surface area contributed by atoms with Crippen LogP contribution in [0.2, 0.25) is 0 Å². The van der Waals surface area contributed by atoms with Crippen molar-refractivity contribution < 1.29 is 9.66 Å². The standard InChI is InChI=1S/C7H10N4O3/c1-4-7(11(12)13)5(10-8)3-6(9-4)14-2/h3H,8H2,1-2H3,(H,9,10). The summed E-state index contributed by atoms with van der Waals surface area (Å²) in [6, 6.07) is 1.37. The monoisotopic (exact) mass is 198 g/mol. The van der Waals surface area contributed by atoms with E-state index in [-0.39, 0.29) is 22.9 Å². The quantitative estimate of drug-likeness (QED) is 0.418. The van der Waals surface area contributed by atoms with Gasteiger partial charge in [0.05, 0.1) is 12.0 Å². The molecule has 76 valence electrons. The minimum Gasteiger partial charge on any atom is -0.481 e. The van der Waals surface area contributed by atoms with Gasteiger partial charge in [-0.05, 0) is 6.92 Å². The molecule has 0 fully saturated rings. The molecule has 0 aliphatic heterocycles. The van der Waals surface area contributed by atoms with E-state index in [0.717, 1.165) is 0 Å². The van der Waals surface area contributed by atoms with E-state index in [1.165, 1.54) is 20.1 Å². The molecule has 14 heavy (non-hydrogen) atoms. The summed E-state index contributed by atoms with van der Waals surface area (Å²) in [4.78, 5) is 13.9. The molecule has 0 aliphatic rings. The molecule has 0 radical (unpaired) electrons. The van der Waals surface area contributed by atoms with E-state index in [9.17, 15) is 10.1 Å². The third-order valence-electron chi connectivity index (χ3n) is 1.69. The Bertz CT molecular complexity index is 366. The molecule has 0 spiro atoms. The fraction of sp³-hybridized carbons (Fsp3) is 0.286. The number of nitrogens with one attached hydrogen (secondary N) is 1. The predicted octanol–water partition coefficient (Wildman–Crippen LogP) is 0.592. The molecule has 7 heteroatoms. The van der Waals surface area contributed by atoms with Crippen molar-refractivity contribution in [1.82, 2.24) is 4.98 Å². The van der Waals surface area contributed by atoms with E-state index in [4.69, 9.17) is 10.6 Å². The van der Waals surface area contributed by atoms with Crippen molar-refractivity contribution in [1.29, 1.82) is 0 Å².